The Hall–Kier alpha value is -5.67. The van der Waals surface area contributed by atoms with E-state index >= 15 is 0 Å². The SMILES string of the molecule is CCN(CCOCCC(C)CCOCCN(CC)C(=O)O[C@@H]([C@@H]1OC(C(=O)O)=C[C@H](N=C(N)N)[C@H]1NC(C)=O)[C@H](O)CO)C(=O)O[C@@H]([C@@H]1OC(C(=O)O)=C[C@H](N=C(N)N)[C@H]1C)[C@H](O)CO.[3HH]. The molecule has 0 bridgehead atoms. The third-order valence-electron chi connectivity index (χ3n) is 10.4. The normalized spacial score (nSPS) is 22.7. The monoisotopic (exact) mass is 937 g/mol. The number of carbonyl (C=O) groups is 5. The average Bonchev–Trinajstić information content (AvgIpc) is 3.24. The number of ether oxygens (including phenoxy) is 6. The minimum absolute atomic E-state index is 0. The molecule has 26 nitrogen and oxygen atoms in total. The lowest BCUT2D eigenvalue weighted by Crippen LogP contribution is -2.61. The zero-order valence-corrected chi connectivity index (χ0v) is 37.3. The van der Waals surface area contributed by atoms with Crippen LogP contribution in [0.4, 0.5) is 9.59 Å². The van der Waals surface area contributed by atoms with Gasteiger partial charge in [0.25, 0.3) is 0 Å². The minimum atomic E-state index is -1.78. The van der Waals surface area contributed by atoms with Gasteiger partial charge in [0, 0.05) is 53.7 Å². The summed E-state index contributed by atoms with van der Waals surface area (Å²) in [6.07, 6.45) is -7.75. The van der Waals surface area contributed by atoms with Gasteiger partial charge in [0.05, 0.1) is 44.6 Å². The maximum atomic E-state index is 13.3. The quantitative estimate of drug-likeness (QED) is 0.0225. The Morgan fingerprint density at radius 3 is 1.57 bits per heavy atom. The lowest BCUT2D eigenvalue weighted by molar-refractivity contribution is -0.148. The van der Waals surface area contributed by atoms with E-state index in [4.69, 9.17) is 51.4 Å². The second-order valence-corrected chi connectivity index (χ2v) is 15.3. The highest BCUT2D eigenvalue weighted by Crippen LogP contribution is 2.31. The smallest absolute Gasteiger partial charge is 0.410 e. The van der Waals surface area contributed by atoms with Gasteiger partial charge in [0.1, 0.15) is 18.3 Å². The van der Waals surface area contributed by atoms with Gasteiger partial charge >= 0.3 is 24.1 Å². The molecular weight excluding hydrogens is 866 g/mol. The van der Waals surface area contributed by atoms with Crippen molar-refractivity contribution < 1.29 is 84.5 Å². The highest BCUT2D eigenvalue weighted by atomic mass is 16.6. The zero-order valence-electron chi connectivity index (χ0n) is 37.3. The first-order valence-corrected chi connectivity index (χ1v) is 21.0. The van der Waals surface area contributed by atoms with E-state index in [1.165, 1.54) is 15.9 Å². The van der Waals surface area contributed by atoms with Crippen molar-refractivity contribution in [3.8, 4) is 0 Å². The number of carboxylic acid groups (broad SMARTS) is 2. The van der Waals surface area contributed by atoms with Gasteiger partial charge in [-0.25, -0.2) is 29.2 Å². The molecule has 0 saturated carbocycles. The number of carboxylic acids is 2. The number of likely N-dealkylation sites (N-methyl/N-ethyl adjacent to an activating group) is 2. The van der Waals surface area contributed by atoms with Gasteiger partial charge in [-0.15, -0.1) is 0 Å². The molecule has 1 unspecified atom stereocenters. The maximum Gasteiger partial charge on any atom is 0.410 e. The second kappa shape index (κ2) is 27.6. The standard InChI is InChI=1S/C39H67N9O17.H2/c1-6-47(38(58)64-31(25(52)18-49)30-21(4)23(45-36(40)41)16-27(62-30)34(54)55)10-14-60-12-8-20(3)9-13-61-15-11-48(7-2)39(59)65-32(26(53)19-50)33-29(44-22(5)51)24(46-37(42)43)17-28(63-33)35(56)57;/h16-17,20-21,23-26,29-33,49-50,52-53H,6-15,18-19H2,1-5H3,(H,44,51)(H,54,55)(H,56,57)(H4,40,41,45)(H4,42,43,46);1H/t20?,21-,23+,24+,25-,26-,29-,30-,31-,32-,33-;/m1./s1/i;1+2. The summed E-state index contributed by atoms with van der Waals surface area (Å²) in [6, 6.07) is -3.33. The molecule has 2 aliphatic heterocycles. The van der Waals surface area contributed by atoms with Crippen LogP contribution >= 0.6 is 0 Å². The molecule has 0 saturated heterocycles. The van der Waals surface area contributed by atoms with E-state index < -0.39 is 121 Å². The summed E-state index contributed by atoms with van der Waals surface area (Å²) < 4.78 is 33.9. The van der Waals surface area contributed by atoms with Gasteiger partial charge in [0.15, 0.2) is 30.2 Å². The molecule has 26 heteroatoms. The van der Waals surface area contributed by atoms with Gasteiger partial charge in [0.2, 0.25) is 17.4 Å². The van der Waals surface area contributed by atoms with Crippen LogP contribution in [0.5, 0.6) is 0 Å². The van der Waals surface area contributed by atoms with E-state index in [0.717, 1.165) is 13.0 Å². The van der Waals surface area contributed by atoms with E-state index in [1.54, 1.807) is 20.8 Å². The molecule has 2 rings (SSSR count). The van der Waals surface area contributed by atoms with Crippen LogP contribution in [0, 0.1) is 11.8 Å². The Kier molecular flexibility index (Phi) is 23.6. The van der Waals surface area contributed by atoms with Crippen LogP contribution in [0.2, 0.25) is 0 Å². The molecule has 372 valence electrons. The number of amides is 3. The Morgan fingerprint density at radius 1 is 0.754 bits per heavy atom. The first-order chi connectivity index (χ1) is 30.7. The van der Waals surface area contributed by atoms with E-state index in [0.29, 0.717) is 26.1 Å². The molecule has 0 aromatic carbocycles. The number of rotatable bonds is 27. The molecule has 0 aliphatic carbocycles. The molecule has 2 heterocycles. The molecule has 0 spiro atoms. The highest BCUT2D eigenvalue weighted by molar-refractivity contribution is 5.86. The van der Waals surface area contributed by atoms with Crippen LogP contribution in [-0.2, 0) is 42.8 Å². The second-order valence-electron chi connectivity index (χ2n) is 15.3. The Bertz CT molecular complexity index is 1700. The van der Waals surface area contributed by atoms with Crippen molar-refractivity contribution in [1.29, 1.82) is 0 Å². The molecule has 2 aliphatic rings. The molecule has 0 aromatic rings. The number of aliphatic hydroxyl groups excluding tert-OH is 4. The lowest BCUT2D eigenvalue weighted by Gasteiger charge is -2.40. The summed E-state index contributed by atoms with van der Waals surface area (Å²) in [6.45, 7) is 7.71. The lowest BCUT2D eigenvalue weighted by atomic mass is 9.87. The number of nitrogens with zero attached hydrogens (tertiary/aromatic N) is 4. The summed E-state index contributed by atoms with van der Waals surface area (Å²) >= 11 is 0. The third kappa shape index (κ3) is 17.7. The van der Waals surface area contributed by atoms with E-state index in [-0.39, 0.29) is 52.7 Å². The van der Waals surface area contributed by atoms with Crippen LogP contribution in [0.3, 0.4) is 0 Å². The van der Waals surface area contributed by atoms with Gasteiger partial charge in [-0.1, -0.05) is 13.8 Å². The van der Waals surface area contributed by atoms with Crippen LogP contribution in [-0.4, -0.2) is 203 Å². The fourth-order valence-corrected chi connectivity index (χ4v) is 6.75. The van der Waals surface area contributed by atoms with Crippen LogP contribution in [0.15, 0.2) is 33.7 Å². The van der Waals surface area contributed by atoms with Crippen molar-refractivity contribution in [3.05, 3.63) is 23.7 Å². The first kappa shape index (κ1) is 55.5. The fourth-order valence-electron chi connectivity index (χ4n) is 6.75. The largest absolute Gasteiger partial charge is 0.479 e. The fraction of sp³-hybridized carbons (Fsp3) is 0.718. The molecular formula is C39H69N9O17. The summed E-state index contributed by atoms with van der Waals surface area (Å²) in [5, 5.41) is 62.7. The van der Waals surface area contributed by atoms with Gasteiger partial charge < -0.3 is 97.1 Å². The first-order valence-electron chi connectivity index (χ1n) is 21.0. The molecule has 11 atom stereocenters. The predicted octanol–water partition coefficient (Wildman–Crippen LogP) is -2.80. The summed E-state index contributed by atoms with van der Waals surface area (Å²) in [5.74, 6) is -6.05. The molecule has 65 heavy (non-hydrogen) atoms. The van der Waals surface area contributed by atoms with Crippen molar-refractivity contribution in [2.75, 3.05) is 65.8 Å². The Balaban J connectivity index is 0.0000218. The number of aliphatic carboxylic acids is 2. The summed E-state index contributed by atoms with van der Waals surface area (Å²) in [4.78, 5) is 72.9. The molecule has 15 N–H and O–H groups in total. The maximum absolute atomic E-state index is 13.3. The van der Waals surface area contributed by atoms with E-state index in [1.807, 2.05) is 6.92 Å². The van der Waals surface area contributed by atoms with Crippen LogP contribution in [0.25, 0.3) is 0 Å². The number of aliphatic hydroxyl groups is 4. The Labute approximate surface area is 377 Å². The third-order valence-corrected chi connectivity index (χ3v) is 10.4. The number of nitrogens with one attached hydrogen (secondary N) is 1. The number of hydrogen-bond donors (Lipinski definition) is 11. The van der Waals surface area contributed by atoms with Gasteiger partial charge in [-0.2, -0.15) is 0 Å². The summed E-state index contributed by atoms with van der Waals surface area (Å²) in [7, 11) is 0. The van der Waals surface area contributed by atoms with Crippen LogP contribution in [0.1, 0.15) is 48.9 Å². The van der Waals surface area contributed by atoms with E-state index in [9.17, 15) is 54.6 Å². The molecule has 0 fully saturated rings. The number of aliphatic imine (C=N–C) groups is 2. The summed E-state index contributed by atoms with van der Waals surface area (Å²) in [5.41, 5.74) is 22.1. The Morgan fingerprint density at radius 2 is 1.17 bits per heavy atom. The number of carbonyl (C=O) groups excluding carboxylic acids is 3. The van der Waals surface area contributed by atoms with Gasteiger partial charge in [-0.3, -0.25) is 4.79 Å². The number of guanidine groups is 2. The van der Waals surface area contributed by atoms with Gasteiger partial charge in [-0.05, 0) is 44.8 Å². The zero-order chi connectivity index (χ0) is 49.0. The minimum Gasteiger partial charge on any atom is -0.479 e. The van der Waals surface area contributed by atoms with Crippen molar-refractivity contribution in [1.82, 2.24) is 15.1 Å². The van der Waals surface area contributed by atoms with Crippen LogP contribution < -0.4 is 28.3 Å². The topological polar surface area (TPSA) is 409 Å². The number of hydrogen-bond acceptors (Lipinski definition) is 17. The average molecular weight is 938 g/mol. The van der Waals surface area contributed by atoms with Crippen molar-refractivity contribution in [2.45, 2.75) is 102 Å². The van der Waals surface area contributed by atoms with E-state index in [2.05, 4.69) is 15.3 Å². The van der Waals surface area contributed by atoms with Crippen molar-refractivity contribution in [2.24, 2.45) is 44.8 Å². The number of nitrogens with two attached hydrogens (primary N) is 4. The van der Waals surface area contributed by atoms with Crippen molar-refractivity contribution in [3.63, 3.8) is 0 Å². The molecule has 0 radical (unpaired) electrons. The van der Waals surface area contributed by atoms with Crippen molar-refractivity contribution >= 4 is 42.0 Å². The molecule has 3 amide bonds. The predicted molar refractivity (Wildman–Crippen MR) is 231 cm³/mol. The molecule has 0 aromatic heterocycles. The highest BCUT2D eigenvalue weighted by Gasteiger charge is 2.47.